The van der Waals surface area contributed by atoms with E-state index in [4.69, 9.17) is 20.6 Å². The van der Waals surface area contributed by atoms with Crippen molar-refractivity contribution in [3.63, 3.8) is 0 Å². The van der Waals surface area contributed by atoms with Gasteiger partial charge in [0.05, 0.1) is 24.5 Å². The summed E-state index contributed by atoms with van der Waals surface area (Å²) < 4.78 is 74.2. The SMILES string of the molecule is N=C(C1=C(N)C(F)C(F)C12OCCO2)C(F)(F)F. The Balaban J connectivity index is 2.50. The fraction of sp³-hybridized carbons (Fsp3) is 0.667. The molecule has 0 aromatic carbocycles. The first kappa shape index (κ1) is 13.2. The van der Waals surface area contributed by atoms with Gasteiger partial charge in [-0.2, -0.15) is 13.2 Å². The fourth-order valence-electron chi connectivity index (χ4n) is 2.02. The molecule has 1 saturated heterocycles. The van der Waals surface area contributed by atoms with Crippen LogP contribution in [0, 0.1) is 5.41 Å². The molecule has 1 fully saturated rings. The highest BCUT2D eigenvalue weighted by Crippen LogP contribution is 2.46. The maximum absolute atomic E-state index is 13.7. The van der Waals surface area contributed by atoms with Gasteiger partial charge in [0.2, 0.25) is 5.79 Å². The number of ether oxygens (including phenoxy) is 2. The van der Waals surface area contributed by atoms with Crippen LogP contribution in [0.15, 0.2) is 11.3 Å². The van der Waals surface area contributed by atoms with E-state index in [1.54, 1.807) is 0 Å². The van der Waals surface area contributed by atoms with Crippen LogP contribution < -0.4 is 5.73 Å². The molecule has 0 saturated carbocycles. The van der Waals surface area contributed by atoms with Crippen LogP contribution in [0.3, 0.4) is 0 Å². The van der Waals surface area contributed by atoms with Crippen LogP contribution >= 0.6 is 0 Å². The van der Waals surface area contributed by atoms with Crippen molar-refractivity contribution in [1.82, 2.24) is 0 Å². The van der Waals surface area contributed by atoms with Gasteiger partial charge >= 0.3 is 6.18 Å². The molecule has 3 N–H and O–H groups in total. The average Bonchev–Trinajstić information content (AvgIpc) is 2.81. The molecule has 2 rings (SSSR count). The Morgan fingerprint density at radius 2 is 1.78 bits per heavy atom. The minimum absolute atomic E-state index is 0.199. The van der Waals surface area contributed by atoms with Gasteiger partial charge in [-0.3, -0.25) is 5.41 Å². The van der Waals surface area contributed by atoms with Crippen molar-refractivity contribution in [2.75, 3.05) is 13.2 Å². The second kappa shape index (κ2) is 3.89. The highest BCUT2D eigenvalue weighted by Gasteiger charge is 2.63. The molecule has 2 aliphatic rings. The van der Waals surface area contributed by atoms with Gasteiger partial charge in [0, 0.05) is 0 Å². The zero-order valence-corrected chi connectivity index (χ0v) is 8.85. The maximum Gasteiger partial charge on any atom is 0.433 e. The maximum atomic E-state index is 13.7. The zero-order chi connectivity index (χ0) is 13.7. The molecule has 2 unspecified atom stereocenters. The Morgan fingerprint density at radius 3 is 2.22 bits per heavy atom. The van der Waals surface area contributed by atoms with Crippen LogP contribution in [0.25, 0.3) is 0 Å². The standard InChI is InChI=1S/C9H9F5N2O2/c10-4-5(15)3(7(16)9(12,13)14)8(6(4)11)17-1-2-18-8/h4,6,16H,1-2,15H2. The van der Waals surface area contributed by atoms with Gasteiger partial charge in [0.1, 0.15) is 5.71 Å². The smallest absolute Gasteiger partial charge is 0.399 e. The summed E-state index contributed by atoms with van der Waals surface area (Å²) in [5.41, 5.74) is 1.06. The van der Waals surface area contributed by atoms with Crippen LogP contribution in [0.5, 0.6) is 0 Å². The first-order chi connectivity index (χ1) is 8.22. The van der Waals surface area contributed by atoms with E-state index >= 15 is 0 Å². The Kier molecular flexibility index (Phi) is 2.85. The van der Waals surface area contributed by atoms with E-state index in [2.05, 4.69) is 0 Å². The lowest BCUT2D eigenvalue weighted by Gasteiger charge is -2.28. The summed E-state index contributed by atoms with van der Waals surface area (Å²) in [4.78, 5) is 0. The van der Waals surface area contributed by atoms with Gasteiger partial charge in [0.25, 0.3) is 0 Å². The molecule has 102 valence electrons. The quantitative estimate of drug-likeness (QED) is 0.557. The molecule has 0 aromatic heterocycles. The predicted octanol–water partition coefficient (Wildman–Crippen LogP) is 1.21. The van der Waals surface area contributed by atoms with Gasteiger partial charge < -0.3 is 15.2 Å². The second-order valence-corrected chi connectivity index (χ2v) is 3.87. The minimum atomic E-state index is -5.09. The van der Waals surface area contributed by atoms with Gasteiger partial charge in [-0.25, -0.2) is 8.78 Å². The normalized spacial score (nSPS) is 31.4. The molecule has 1 heterocycles. The van der Waals surface area contributed by atoms with Gasteiger partial charge in [-0.1, -0.05) is 0 Å². The summed E-state index contributed by atoms with van der Waals surface area (Å²) in [7, 11) is 0. The number of hydrogen-bond donors (Lipinski definition) is 2. The van der Waals surface area contributed by atoms with Crippen molar-refractivity contribution in [3.8, 4) is 0 Å². The van der Waals surface area contributed by atoms with Gasteiger partial charge in [-0.05, 0) is 0 Å². The van der Waals surface area contributed by atoms with E-state index in [0.29, 0.717) is 0 Å². The second-order valence-electron chi connectivity index (χ2n) is 3.87. The molecule has 1 aliphatic carbocycles. The summed E-state index contributed by atoms with van der Waals surface area (Å²) in [6.07, 6.45) is -10.1. The third-order valence-corrected chi connectivity index (χ3v) is 2.80. The molecule has 18 heavy (non-hydrogen) atoms. The number of nitrogens with one attached hydrogen (secondary N) is 1. The first-order valence-electron chi connectivity index (χ1n) is 4.94. The molecule has 1 spiro atoms. The fourth-order valence-corrected chi connectivity index (χ4v) is 2.02. The summed E-state index contributed by atoms with van der Waals surface area (Å²) in [6.45, 7) is -0.399. The van der Waals surface area contributed by atoms with Crippen LogP contribution in [-0.4, -0.2) is 43.2 Å². The van der Waals surface area contributed by atoms with Crippen molar-refractivity contribution >= 4 is 5.71 Å². The van der Waals surface area contributed by atoms with Crippen LogP contribution in [0.1, 0.15) is 0 Å². The number of alkyl halides is 5. The summed E-state index contributed by atoms with van der Waals surface area (Å²) in [5, 5.41) is 6.98. The topological polar surface area (TPSA) is 68.3 Å². The van der Waals surface area contributed by atoms with E-state index in [1.165, 1.54) is 0 Å². The lowest BCUT2D eigenvalue weighted by molar-refractivity contribution is -0.170. The molecular formula is C9H9F5N2O2. The number of hydrogen-bond acceptors (Lipinski definition) is 4. The third kappa shape index (κ3) is 1.61. The predicted molar refractivity (Wildman–Crippen MR) is 49.4 cm³/mol. The zero-order valence-electron chi connectivity index (χ0n) is 8.85. The van der Waals surface area contributed by atoms with E-state index in [1.807, 2.05) is 0 Å². The van der Waals surface area contributed by atoms with Crippen LogP contribution in [0.4, 0.5) is 22.0 Å². The van der Waals surface area contributed by atoms with Crippen molar-refractivity contribution < 1.29 is 31.4 Å². The summed E-state index contributed by atoms with van der Waals surface area (Å²) in [6, 6.07) is 0. The van der Waals surface area contributed by atoms with E-state index in [0.717, 1.165) is 0 Å². The van der Waals surface area contributed by atoms with Crippen molar-refractivity contribution in [2.24, 2.45) is 5.73 Å². The Hall–Kier alpha value is -1.22. The molecule has 0 aromatic rings. The first-order valence-corrected chi connectivity index (χ1v) is 4.94. The minimum Gasteiger partial charge on any atom is -0.399 e. The number of nitrogens with two attached hydrogens (primary N) is 1. The Morgan fingerprint density at radius 1 is 1.28 bits per heavy atom. The Labute approximate surface area is 98.0 Å². The molecule has 0 radical (unpaired) electrons. The summed E-state index contributed by atoms with van der Waals surface area (Å²) >= 11 is 0. The van der Waals surface area contributed by atoms with Crippen LogP contribution in [-0.2, 0) is 9.47 Å². The van der Waals surface area contributed by atoms with Crippen molar-refractivity contribution in [3.05, 3.63) is 11.3 Å². The van der Waals surface area contributed by atoms with E-state index in [9.17, 15) is 22.0 Å². The summed E-state index contributed by atoms with van der Waals surface area (Å²) in [5.74, 6) is -2.55. The average molecular weight is 272 g/mol. The number of allylic oxidation sites excluding steroid dienone is 1. The lowest BCUT2D eigenvalue weighted by Crippen LogP contribution is -2.46. The monoisotopic (exact) mass is 272 g/mol. The van der Waals surface area contributed by atoms with E-state index in [-0.39, 0.29) is 13.2 Å². The van der Waals surface area contributed by atoms with Crippen LogP contribution in [0.2, 0.25) is 0 Å². The molecule has 2 atom stereocenters. The highest BCUT2D eigenvalue weighted by molar-refractivity contribution is 6.04. The van der Waals surface area contributed by atoms with Crippen molar-refractivity contribution in [1.29, 1.82) is 5.41 Å². The molecular weight excluding hydrogens is 263 g/mol. The molecule has 0 bridgehead atoms. The van der Waals surface area contributed by atoms with Gasteiger partial charge in [-0.15, -0.1) is 0 Å². The molecule has 4 nitrogen and oxygen atoms in total. The van der Waals surface area contributed by atoms with E-state index < -0.39 is 41.3 Å². The lowest BCUT2D eigenvalue weighted by atomic mass is 10.0. The van der Waals surface area contributed by atoms with Gasteiger partial charge in [0.15, 0.2) is 12.3 Å². The molecule has 1 aliphatic heterocycles. The van der Waals surface area contributed by atoms with Crippen molar-refractivity contribution in [2.45, 2.75) is 24.3 Å². The molecule has 9 heteroatoms. The number of rotatable bonds is 1. The number of halogens is 5. The molecule has 0 amide bonds. The highest BCUT2D eigenvalue weighted by atomic mass is 19.4. The third-order valence-electron chi connectivity index (χ3n) is 2.80. The largest absolute Gasteiger partial charge is 0.433 e. The Bertz CT molecular complexity index is 414.